The Bertz CT molecular complexity index is 520. The summed E-state index contributed by atoms with van der Waals surface area (Å²) in [6.07, 6.45) is 2.71. The van der Waals surface area contributed by atoms with Crippen molar-refractivity contribution in [1.29, 1.82) is 0 Å². The van der Waals surface area contributed by atoms with Crippen LogP contribution in [-0.2, 0) is 4.79 Å². The third-order valence-corrected chi connectivity index (χ3v) is 3.53. The van der Waals surface area contributed by atoms with E-state index in [4.69, 9.17) is 5.11 Å². The summed E-state index contributed by atoms with van der Waals surface area (Å²) in [7, 11) is 0. The number of benzene rings is 1. The van der Waals surface area contributed by atoms with Gasteiger partial charge in [-0.05, 0) is 37.5 Å². The maximum atomic E-state index is 11.9. The van der Waals surface area contributed by atoms with Crippen molar-refractivity contribution in [3.8, 4) is 0 Å². The van der Waals surface area contributed by atoms with Crippen LogP contribution in [0.5, 0.6) is 0 Å². The third-order valence-electron chi connectivity index (χ3n) is 3.53. The highest BCUT2D eigenvalue weighted by Crippen LogP contribution is 2.41. The minimum absolute atomic E-state index is 0.0567. The molecular weight excluding hydrogens is 220 g/mol. The Morgan fingerprint density at radius 2 is 2.06 bits per heavy atom. The predicted molar refractivity (Wildman–Crippen MR) is 62.2 cm³/mol. The maximum absolute atomic E-state index is 11.9. The number of nitrogens with one attached hydrogen (secondary N) is 2. The Balaban J connectivity index is 1.99. The van der Waals surface area contributed by atoms with E-state index in [0.717, 1.165) is 24.9 Å². The fraction of sp³-hybridized carbons (Fsp3) is 0.333. The first-order chi connectivity index (χ1) is 8.11. The van der Waals surface area contributed by atoms with Crippen molar-refractivity contribution in [2.45, 2.75) is 24.8 Å². The molecule has 5 nitrogen and oxygen atoms in total. The summed E-state index contributed by atoms with van der Waals surface area (Å²) in [6.45, 7) is 0. The SMILES string of the molecule is O=C(O)c1ccc2c(c1)NC(=O)C1(CCC1)N2. The Morgan fingerprint density at radius 3 is 2.65 bits per heavy atom. The lowest BCUT2D eigenvalue weighted by Gasteiger charge is -2.44. The first kappa shape index (κ1) is 10.1. The van der Waals surface area contributed by atoms with Gasteiger partial charge in [-0.25, -0.2) is 4.79 Å². The van der Waals surface area contributed by atoms with Crippen LogP contribution in [0.25, 0.3) is 0 Å². The molecule has 0 unspecified atom stereocenters. The number of fused-ring (bicyclic) bond motifs is 1. The van der Waals surface area contributed by atoms with Crippen LogP contribution >= 0.6 is 0 Å². The van der Waals surface area contributed by atoms with Gasteiger partial charge in [0.05, 0.1) is 16.9 Å². The van der Waals surface area contributed by atoms with Crippen LogP contribution in [0.15, 0.2) is 18.2 Å². The second-order valence-corrected chi connectivity index (χ2v) is 4.58. The van der Waals surface area contributed by atoms with E-state index in [1.165, 1.54) is 12.1 Å². The quantitative estimate of drug-likeness (QED) is 0.688. The average Bonchev–Trinajstić information content (AvgIpc) is 2.25. The van der Waals surface area contributed by atoms with E-state index in [1.54, 1.807) is 6.07 Å². The van der Waals surface area contributed by atoms with E-state index in [2.05, 4.69) is 10.6 Å². The van der Waals surface area contributed by atoms with Crippen LogP contribution < -0.4 is 10.6 Å². The molecule has 1 aromatic rings. The predicted octanol–water partition coefficient (Wildman–Crippen LogP) is 1.67. The number of rotatable bonds is 1. The first-order valence-electron chi connectivity index (χ1n) is 5.58. The zero-order valence-electron chi connectivity index (χ0n) is 9.12. The van der Waals surface area contributed by atoms with E-state index in [9.17, 15) is 9.59 Å². The van der Waals surface area contributed by atoms with Gasteiger partial charge in [-0.15, -0.1) is 0 Å². The molecule has 1 saturated carbocycles. The minimum atomic E-state index is -0.994. The number of hydrogen-bond acceptors (Lipinski definition) is 3. The summed E-state index contributed by atoms with van der Waals surface area (Å²) in [4.78, 5) is 22.8. The van der Waals surface area contributed by atoms with Crippen molar-refractivity contribution in [2.24, 2.45) is 0 Å². The second-order valence-electron chi connectivity index (χ2n) is 4.58. The zero-order chi connectivity index (χ0) is 12.0. The van der Waals surface area contributed by atoms with Crippen LogP contribution in [0.4, 0.5) is 11.4 Å². The fourth-order valence-electron chi connectivity index (χ4n) is 2.33. The van der Waals surface area contributed by atoms with Crippen LogP contribution in [0, 0.1) is 0 Å². The van der Waals surface area contributed by atoms with Gasteiger partial charge in [0.2, 0.25) is 5.91 Å². The van der Waals surface area contributed by atoms with E-state index in [-0.39, 0.29) is 11.5 Å². The van der Waals surface area contributed by atoms with Gasteiger partial charge in [-0.3, -0.25) is 4.79 Å². The molecule has 0 aromatic heterocycles. The Labute approximate surface area is 97.8 Å². The number of aromatic carboxylic acids is 1. The van der Waals surface area contributed by atoms with Gasteiger partial charge >= 0.3 is 5.97 Å². The summed E-state index contributed by atoms with van der Waals surface area (Å²) in [5.74, 6) is -1.05. The molecule has 0 radical (unpaired) electrons. The molecule has 1 fully saturated rings. The average molecular weight is 232 g/mol. The molecule has 1 heterocycles. The largest absolute Gasteiger partial charge is 0.478 e. The summed E-state index contributed by atoms with van der Waals surface area (Å²) in [5.41, 5.74) is 1.06. The maximum Gasteiger partial charge on any atom is 0.335 e. The van der Waals surface area contributed by atoms with E-state index < -0.39 is 11.5 Å². The summed E-state index contributed by atoms with van der Waals surface area (Å²) < 4.78 is 0. The van der Waals surface area contributed by atoms with Crippen molar-refractivity contribution >= 4 is 23.3 Å². The van der Waals surface area contributed by atoms with Gasteiger partial charge in [0.15, 0.2) is 0 Å². The molecule has 0 bridgehead atoms. The summed E-state index contributed by atoms with van der Waals surface area (Å²) in [6, 6.07) is 4.73. The lowest BCUT2D eigenvalue weighted by atomic mass is 9.74. The monoisotopic (exact) mass is 232 g/mol. The van der Waals surface area contributed by atoms with Crippen LogP contribution in [-0.4, -0.2) is 22.5 Å². The molecule has 1 aliphatic carbocycles. The van der Waals surface area contributed by atoms with Crippen LogP contribution in [0.3, 0.4) is 0 Å². The Kier molecular flexibility index (Phi) is 1.92. The van der Waals surface area contributed by atoms with E-state index in [0.29, 0.717) is 5.69 Å². The fourth-order valence-corrected chi connectivity index (χ4v) is 2.33. The lowest BCUT2D eigenvalue weighted by Crippen LogP contribution is -2.57. The smallest absolute Gasteiger partial charge is 0.335 e. The first-order valence-corrected chi connectivity index (χ1v) is 5.58. The van der Waals surface area contributed by atoms with Gasteiger partial charge in [-0.2, -0.15) is 0 Å². The molecule has 1 spiro atoms. The van der Waals surface area contributed by atoms with Crippen molar-refractivity contribution in [3.05, 3.63) is 23.8 Å². The summed E-state index contributed by atoms with van der Waals surface area (Å²) in [5, 5.41) is 14.9. The molecule has 88 valence electrons. The highest BCUT2D eigenvalue weighted by molar-refractivity contribution is 6.07. The normalized spacial score (nSPS) is 19.9. The molecule has 1 aliphatic heterocycles. The van der Waals surface area contributed by atoms with Crippen molar-refractivity contribution in [1.82, 2.24) is 0 Å². The molecule has 0 saturated heterocycles. The van der Waals surface area contributed by atoms with E-state index >= 15 is 0 Å². The molecular formula is C12H12N2O3. The second kappa shape index (κ2) is 3.23. The number of hydrogen-bond donors (Lipinski definition) is 3. The van der Waals surface area contributed by atoms with Crippen molar-refractivity contribution in [2.75, 3.05) is 10.6 Å². The summed E-state index contributed by atoms with van der Waals surface area (Å²) >= 11 is 0. The minimum Gasteiger partial charge on any atom is -0.478 e. The molecule has 3 N–H and O–H groups in total. The number of amides is 1. The number of anilines is 2. The number of carbonyl (C=O) groups is 2. The third kappa shape index (κ3) is 1.39. The van der Waals surface area contributed by atoms with Crippen LogP contribution in [0.2, 0.25) is 0 Å². The molecule has 17 heavy (non-hydrogen) atoms. The zero-order valence-corrected chi connectivity index (χ0v) is 9.12. The molecule has 0 atom stereocenters. The van der Waals surface area contributed by atoms with Gasteiger partial charge in [0, 0.05) is 0 Å². The number of carboxylic acid groups (broad SMARTS) is 1. The highest BCUT2D eigenvalue weighted by atomic mass is 16.4. The van der Waals surface area contributed by atoms with Crippen LogP contribution in [0.1, 0.15) is 29.6 Å². The molecule has 1 amide bonds. The van der Waals surface area contributed by atoms with Crippen molar-refractivity contribution in [3.63, 3.8) is 0 Å². The van der Waals surface area contributed by atoms with Gasteiger partial charge in [0.25, 0.3) is 0 Å². The number of carboxylic acids is 1. The molecule has 1 aromatic carbocycles. The number of carbonyl (C=O) groups excluding carboxylic acids is 1. The molecule has 3 rings (SSSR count). The standard InChI is InChI=1S/C12H12N2O3/c15-10(16)7-2-3-8-9(6-7)13-11(17)12(14-8)4-1-5-12/h2-3,6,14H,1,4-5H2,(H,13,17)(H,15,16). The Hall–Kier alpha value is -2.04. The van der Waals surface area contributed by atoms with E-state index in [1.807, 2.05) is 0 Å². The lowest BCUT2D eigenvalue weighted by molar-refractivity contribution is -0.123. The molecule has 2 aliphatic rings. The van der Waals surface area contributed by atoms with Gasteiger partial charge in [0.1, 0.15) is 5.54 Å². The molecule has 5 heteroatoms. The van der Waals surface area contributed by atoms with Crippen molar-refractivity contribution < 1.29 is 14.7 Å². The van der Waals surface area contributed by atoms with Gasteiger partial charge in [-0.1, -0.05) is 0 Å². The Morgan fingerprint density at radius 1 is 1.29 bits per heavy atom. The van der Waals surface area contributed by atoms with Gasteiger partial charge < -0.3 is 15.7 Å². The highest BCUT2D eigenvalue weighted by Gasteiger charge is 2.46. The topological polar surface area (TPSA) is 78.4 Å².